The molecule has 1 atom stereocenters. The van der Waals surface area contributed by atoms with Gasteiger partial charge in [-0.2, -0.15) is 5.10 Å². The lowest BCUT2D eigenvalue weighted by Gasteiger charge is -2.30. The summed E-state index contributed by atoms with van der Waals surface area (Å²) in [4.78, 5) is 37.8. The van der Waals surface area contributed by atoms with Crippen LogP contribution in [0.3, 0.4) is 0 Å². The first-order valence-electron chi connectivity index (χ1n) is 8.95. The topological polar surface area (TPSA) is 131 Å². The number of ketones is 1. The molecule has 0 bridgehead atoms. The first-order valence-corrected chi connectivity index (χ1v) is 8.95. The Bertz CT molecular complexity index is 901. The van der Waals surface area contributed by atoms with Gasteiger partial charge in [-0.1, -0.05) is 44.2 Å². The van der Waals surface area contributed by atoms with Crippen molar-refractivity contribution in [2.75, 3.05) is 0 Å². The average Bonchev–Trinajstić information content (AvgIpc) is 2.68. The molecule has 0 fully saturated rings. The van der Waals surface area contributed by atoms with E-state index in [1.165, 1.54) is 30.5 Å². The number of Topliss-reactive ketones (excluding diaryl/α,β-unsaturated/α-hetero) is 1. The lowest BCUT2D eigenvalue weighted by atomic mass is 9.97. The molecule has 30 heavy (non-hydrogen) atoms. The van der Waals surface area contributed by atoms with Gasteiger partial charge in [-0.15, -0.1) is 12.4 Å². The van der Waals surface area contributed by atoms with Crippen molar-refractivity contribution in [2.24, 2.45) is 16.9 Å². The second-order valence-corrected chi connectivity index (χ2v) is 6.78. The zero-order valence-electron chi connectivity index (χ0n) is 16.6. The predicted molar refractivity (Wildman–Crippen MR) is 115 cm³/mol. The van der Waals surface area contributed by atoms with Crippen LogP contribution in [0.4, 0.5) is 0 Å². The Labute approximate surface area is 180 Å². The van der Waals surface area contributed by atoms with Crippen LogP contribution in [0.1, 0.15) is 36.2 Å². The molecule has 0 radical (unpaired) electrons. The molecule has 0 saturated heterocycles. The van der Waals surface area contributed by atoms with E-state index in [1.54, 1.807) is 44.2 Å². The summed E-state index contributed by atoms with van der Waals surface area (Å²) in [5.74, 6) is 1.97. The average molecular weight is 434 g/mol. The minimum absolute atomic E-state index is 0. The Morgan fingerprint density at radius 3 is 2.23 bits per heavy atom. The van der Waals surface area contributed by atoms with E-state index in [1.807, 2.05) is 0 Å². The molecule has 0 aromatic heterocycles. The molecule has 9 heteroatoms. The molecule has 160 valence electrons. The molecule has 0 heterocycles. The highest BCUT2D eigenvalue weighted by Crippen LogP contribution is 2.22. The number of nitrogens with one attached hydrogen (secondary N) is 1. The molecule has 2 aromatic carbocycles. The molecule has 0 aliphatic carbocycles. The third-order valence-electron chi connectivity index (χ3n) is 3.99. The number of carbonyl (C=O) groups excluding carboxylic acids is 2. The molecule has 0 aliphatic rings. The van der Waals surface area contributed by atoms with Crippen LogP contribution in [-0.2, 0) is 9.59 Å². The Kier molecular flexibility index (Phi) is 9.01. The molecule has 2 rings (SSSR count). The largest absolute Gasteiger partial charge is 0.476 e. The number of carbonyl (C=O) groups is 3. The lowest BCUT2D eigenvalue weighted by Crippen LogP contribution is -2.64. The number of hydrogen-bond acceptors (Lipinski definition) is 6. The minimum atomic E-state index is -2.56. The molecular formula is C21H24ClN3O5. The number of ether oxygens (including phenoxy) is 1. The SMILES string of the molecule is CC(C)CC(=O)C(NC(=O)c1ccc(C=NN)cc1)(Oc1ccccc1)C(=O)O.Cl. The van der Waals surface area contributed by atoms with Crippen molar-refractivity contribution in [2.45, 2.75) is 26.0 Å². The number of benzene rings is 2. The number of carboxylic acid groups (broad SMARTS) is 1. The van der Waals surface area contributed by atoms with E-state index >= 15 is 0 Å². The van der Waals surface area contributed by atoms with E-state index in [-0.39, 0.29) is 36.1 Å². The molecule has 0 spiro atoms. The summed E-state index contributed by atoms with van der Waals surface area (Å²) in [5, 5.41) is 15.6. The Balaban J connectivity index is 0.00000450. The standard InChI is InChI=1S/C21H23N3O5.ClH/c1-14(2)12-18(25)21(20(27)28,29-17-6-4-3-5-7-17)24-19(26)16-10-8-15(9-11-16)13-23-22;/h3-11,13-14H,12,22H2,1-2H3,(H,24,26)(H,27,28);1H. The van der Waals surface area contributed by atoms with Gasteiger partial charge in [0.25, 0.3) is 5.91 Å². The summed E-state index contributed by atoms with van der Waals surface area (Å²) in [7, 11) is 0. The maximum Gasteiger partial charge on any atom is 0.378 e. The molecule has 4 N–H and O–H groups in total. The Hall–Kier alpha value is -3.39. The number of nitrogens with two attached hydrogens (primary N) is 1. The van der Waals surface area contributed by atoms with Crippen molar-refractivity contribution in [3.05, 3.63) is 65.7 Å². The van der Waals surface area contributed by atoms with Gasteiger partial charge in [0.15, 0.2) is 0 Å². The number of halogens is 1. The van der Waals surface area contributed by atoms with Crippen molar-refractivity contribution in [1.29, 1.82) is 0 Å². The minimum Gasteiger partial charge on any atom is -0.476 e. The number of amides is 1. The molecule has 2 aromatic rings. The van der Waals surface area contributed by atoms with Gasteiger partial charge in [-0.25, -0.2) is 4.79 Å². The van der Waals surface area contributed by atoms with Crippen LogP contribution >= 0.6 is 12.4 Å². The van der Waals surface area contributed by atoms with E-state index in [2.05, 4.69) is 10.4 Å². The van der Waals surface area contributed by atoms with Crippen LogP contribution in [0.5, 0.6) is 5.75 Å². The summed E-state index contributed by atoms with van der Waals surface area (Å²) in [6, 6.07) is 14.1. The number of hydrazone groups is 1. The van der Waals surface area contributed by atoms with Gasteiger partial charge >= 0.3 is 11.7 Å². The fourth-order valence-electron chi connectivity index (χ4n) is 2.59. The maximum absolute atomic E-state index is 12.9. The fraction of sp³-hybridized carbons (Fsp3) is 0.238. The van der Waals surface area contributed by atoms with Crippen LogP contribution in [0.15, 0.2) is 59.7 Å². The maximum atomic E-state index is 12.9. The van der Waals surface area contributed by atoms with Crippen LogP contribution in [0, 0.1) is 5.92 Å². The van der Waals surface area contributed by atoms with Gasteiger partial charge in [-0.3, -0.25) is 14.9 Å². The lowest BCUT2D eigenvalue weighted by molar-refractivity contribution is -0.164. The highest BCUT2D eigenvalue weighted by Gasteiger charge is 2.50. The third kappa shape index (κ3) is 6.05. The van der Waals surface area contributed by atoms with E-state index in [9.17, 15) is 19.5 Å². The first-order chi connectivity index (χ1) is 13.8. The smallest absolute Gasteiger partial charge is 0.378 e. The van der Waals surface area contributed by atoms with E-state index in [0.29, 0.717) is 5.56 Å². The number of hydrogen-bond donors (Lipinski definition) is 3. The highest BCUT2D eigenvalue weighted by atomic mass is 35.5. The Morgan fingerprint density at radius 2 is 1.73 bits per heavy atom. The van der Waals surface area contributed by atoms with Gasteiger partial charge in [0.2, 0.25) is 5.78 Å². The summed E-state index contributed by atoms with van der Waals surface area (Å²) >= 11 is 0. The zero-order valence-corrected chi connectivity index (χ0v) is 17.4. The summed E-state index contributed by atoms with van der Waals surface area (Å²) in [6.45, 7) is 3.54. The Morgan fingerprint density at radius 1 is 1.13 bits per heavy atom. The first kappa shape index (κ1) is 24.6. The van der Waals surface area contributed by atoms with Gasteiger partial charge in [0.05, 0.1) is 6.21 Å². The predicted octanol–water partition coefficient (Wildman–Crippen LogP) is 2.61. The monoisotopic (exact) mass is 433 g/mol. The number of carboxylic acids is 1. The third-order valence-corrected chi connectivity index (χ3v) is 3.99. The van der Waals surface area contributed by atoms with Crippen molar-refractivity contribution in [1.82, 2.24) is 5.32 Å². The normalized spacial score (nSPS) is 12.6. The van der Waals surface area contributed by atoms with Gasteiger partial charge in [-0.05, 0) is 35.7 Å². The summed E-state index contributed by atoms with van der Waals surface area (Å²) in [6.07, 6.45) is 1.30. The van der Waals surface area contributed by atoms with Crippen molar-refractivity contribution in [3.63, 3.8) is 0 Å². The number of nitrogens with zero attached hydrogens (tertiary/aromatic N) is 1. The second-order valence-electron chi connectivity index (χ2n) is 6.78. The van der Waals surface area contributed by atoms with E-state index in [0.717, 1.165) is 0 Å². The van der Waals surface area contributed by atoms with Crippen molar-refractivity contribution < 1.29 is 24.2 Å². The quantitative estimate of drug-likeness (QED) is 0.183. The number of para-hydroxylation sites is 1. The molecule has 1 unspecified atom stereocenters. The highest BCUT2D eigenvalue weighted by molar-refractivity contribution is 6.11. The number of rotatable bonds is 9. The molecule has 1 amide bonds. The number of aliphatic carboxylic acids is 1. The second kappa shape index (κ2) is 11.0. The van der Waals surface area contributed by atoms with Crippen LogP contribution in [0.25, 0.3) is 0 Å². The van der Waals surface area contributed by atoms with Gasteiger partial charge in [0.1, 0.15) is 5.75 Å². The molecule has 0 saturated carbocycles. The molecular weight excluding hydrogens is 410 g/mol. The van der Waals surface area contributed by atoms with Crippen molar-refractivity contribution >= 4 is 36.3 Å². The zero-order chi connectivity index (χ0) is 21.4. The van der Waals surface area contributed by atoms with E-state index < -0.39 is 23.4 Å². The molecule has 8 nitrogen and oxygen atoms in total. The van der Waals surface area contributed by atoms with Gasteiger partial charge in [0, 0.05) is 12.0 Å². The van der Waals surface area contributed by atoms with Crippen LogP contribution in [-0.4, -0.2) is 34.7 Å². The van der Waals surface area contributed by atoms with Crippen molar-refractivity contribution in [3.8, 4) is 5.75 Å². The fourth-order valence-corrected chi connectivity index (χ4v) is 2.59. The van der Waals surface area contributed by atoms with E-state index in [4.69, 9.17) is 10.6 Å². The summed E-state index contributed by atoms with van der Waals surface area (Å²) < 4.78 is 5.56. The van der Waals surface area contributed by atoms with Crippen LogP contribution in [0.2, 0.25) is 0 Å². The van der Waals surface area contributed by atoms with Crippen LogP contribution < -0.4 is 15.9 Å². The molecule has 0 aliphatic heterocycles. The van der Waals surface area contributed by atoms with Gasteiger partial charge < -0.3 is 15.7 Å². The summed E-state index contributed by atoms with van der Waals surface area (Å²) in [5.41, 5.74) is -1.75.